The predicted molar refractivity (Wildman–Crippen MR) is 81.2 cm³/mol. The van der Waals surface area contributed by atoms with E-state index < -0.39 is 0 Å². The van der Waals surface area contributed by atoms with Gasteiger partial charge in [-0.25, -0.2) is 9.67 Å². The molecule has 3 rings (SSSR count). The Kier molecular flexibility index (Phi) is 3.34. The van der Waals surface area contributed by atoms with Gasteiger partial charge >= 0.3 is 0 Å². The SMILES string of the molecule is Nc1cn(-c2ccccn2)nc1-c1cccc(Cl)c1Cl. The Morgan fingerprint density at radius 2 is 1.90 bits per heavy atom. The summed E-state index contributed by atoms with van der Waals surface area (Å²) in [4.78, 5) is 4.22. The molecule has 0 unspecified atom stereocenters. The van der Waals surface area contributed by atoms with Crippen LogP contribution in [0, 0.1) is 0 Å². The van der Waals surface area contributed by atoms with Gasteiger partial charge < -0.3 is 5.73 Å². The molecular weight excluding hydrogens is 295 g/mol. The van der Waals surface area contributed by atoms with E-state index >= 15 is 0 Å². The maximum Gasteiger partial charge on any atom is 0.153 e. The van der Waals surface area contributed by atoms with Crippen LogP contribution in [0.5, 0.6) is 0 Å². The second-order valence-electron chi connectivity index (χ2n) is 4.17. The molecule has 0 saturated carbocycles. The third-order valence-electron chi connectivity index (χ3n) is 2.83. The molecule has 3 aromatic rings. The van der Waals surface area contributed by atoms with Crippen LogP contribution >= 0.6 is 23.2 Å². The Balaban J connectivity index is 2.12. The van der Waals surface area contributed by atoms with Crippen LogP contribution in [0.4, 0.5) is 5.69 Å². The second kappa shape index (κ2) is 5.15. The number of nitrogens with zero attached hydrogens (tertiary/aromatic N) is 3. The lowest BCUT2D eigenvalue weighted by Crippen LogP contribution is -1.97. The van der Waals surface area contributed by atoms with Crippen molar-refractivity contribution in [3.8, 4) is 17.1 Å². The third-order valence-corrected chi connectivity index (χ3v) is 3.65. The summed E-state index contributed by atoms with van der Waals surface area (Å²) in [7, 11) is 0. The Bertz CT molecular complexity index is 753. The van der Waals surface area contributed by atoms with Gasteiger partial charge in [-0.1, -0.05) is 41.4 Å². The summed E-state index contributed by atoms with van der Waals surface area (Å²) >= 11 is 12.2. The number of halogens is 2. The van der Waals surface area contributed by atoms with E-state index in [1.165, 1.54) is 0 Å². The van der Waals surface area contributed by atoms with E-state index in [1.54, 1.807) is 23.1 Å². The Hall–Kier alpha value is -2.04. The molecule has 0 fully saturated rings. The monoisotopic (exact) mass is 304 g/mol. The minimum Gasteiger partial charge on any atom is -0.396 e. The first-order chi connectivity index (χ1) is 9.66. The highest BCUT2D eigenvalue weighted by Crippen LogP contribution is 2.35. The van der Waals surface area contributed by atoms with Crippen LogP contribution in [0.3, 0.4) is 0 Å². The average Bonchev–Trinajstić information content (AvgIpc) is 2.85. The van der Waals surface area contributed by atoms with Crippen LogP contribution in [0.1, 0.15) is 0 Å². The molecule has 2 aromatic heterocycles. The summed E-state index contributed by atoms with van der Waals surface area (Å²) in [5, 5.41) is 5.34. The lowest BCUT2D eigenvalue weighted by Gasteiger charge is -2.03. The lowest BCUT2D eigenvalue weighted by molar-refractivity contribution is 0.850. The minimum absolute atomic E-state index is 0.437. The topological polar surface area (TPSA) is 56.7 Å². The molecule has 2 N–H and O–H groups in total. The molecule has 0 aliphatic rings. The van der Waals surface area contributed by atoms with Gasteiger partial charge in [-0.3, -0.25) is 0 Å². The van der Waals surface area contributed by atoms with Gasteiger partial charge in [-0.2, -0.15) is 5.10 Å². The van der Waals surface area contributed by atoms with Crippen LogP contribution in [0.25, 0.3) is 17.1 Å². The van der Waals surface area contributed by atoms with E-state index in [4.69, 9.17) is 28.9 Å². The molecule has 0 bridgehead atoms. The van der Waals surface area contributed by atoms with Gasteiger partial charge in [-0.15, -0.1) is 0 Å². The van der Waals surface area contributed by atoms with Gasteiger partial charge in [0.1, 0.15) is 5.69 Å². The fraction of sp³-hybridized carbons (Fsp3) is 0. The van der Waals surface area contributed by atoms with Gasteiger partial charge in [0, 0.05) is 11.8 Å². The number of aromatic nitrogens is 3. The van der Waals surface area contributed by atoms with E-state index in [9.17, 15) is 0 Å². The van der Waals surface area contributed by atoms with Crippen molar-refractivity contribution in [3.05, 3.63) is 58.8 Å². The standard InChI is InChI=1S/C14H10Cl2N4/c15-10-5-3-4-9(13(10)16)14-11(17)8-20(19-14)12-6-1-2-7-18-12/h1-8H,17H2. The number of rotatable bonds is 2. The normalized spacial score (nSPS) is 10.7. The quantitative estimate of drug-likeness (QED) is 0.783. The van der Waals surface area contributed by atoms with Crippen LogP contribution < -0.4 is 5.73 Å². The van der Waals surface area contributed by atoms with Crippen molar-refractivity contribution < 1.29 is 0 Å². The number of anilines is 1. The van der Waals surface area contributed by atoms with Crippen LogP contribution in [-0.2, 0) is 0 Å². The molecule has 0 atom stereocenters. The number of nitrogen functional groups attached to an aromatic ring is 1. The summed E-state index contributed by atoms with van der Waals surface area (Å²) in [6.45, 7) is 0. The summed E-state index contributed by atoms with van der Waals surface area (Å²) < 4.78 is 1.61. The zero-order chi connectivity index (χ0) is 14.1. The average molecular weight is 305 g/mol. The maximum absolute atomic E-state index is 6.20. The van der Waals surface area contributed by atoms with Crippen LogP contribution in [0.2, 0.25) is 10.0 Å². The predicted octanol–water partition coefficient (Wildman–Crippen LogP) is 3.82. The molecule has 0 aliphatic heterocycles. The molecule has 0 saturated heterocycles. The molecule has 4 nitrogen and oxygen atoms in total. The van der Waals surface area contributed by atoms with Crippen molar-refractivity contribution in [2.75, 3.05) is 5.73 Å². The van der Waals surface area contributed by atoms with Gasteiger partial charge in [0.2, 0.25) is 0 Å². The van der Waals surface area contributed by atoms with Crippen LogP contribution in [0.15, 0.2) is 48.8 Å². The van der Waals surface area contributed by atoms with E-state index in [1.807, 2.05) is 30.3 Å². The largest absolute Gasteiger partial charge is 0.396 e. The minimum atomic E-state index is 0.437. The first kappa shape index (κ1) is 13.0. The molecule has 2 heterocycles. The van der Waals surface area contributed by atoms with Gasteiger partial charge in [-0.05, 0) is 18.2 Å². The first-order valence-electron chi connectivity index (χ1n) is 5.88. The van der Waals surface area contributed by atoms with E-state index in [2.05, 4.69) is 10.1 Å². The number of hydrogen-bond donors (Lipinski definition) is 1. The zero-order valence-corrected chi connectivity index (χ0v) is 11.8. The zero-order valence-electron chi connectivity index (χ0n) is 10.3. The molecule has 1 aromatic carbocycles. The molecule has 0 aliphatic carbocycles. The van der Waals surface area contributed by atoms with Crippen molar-refractivity contribution in [3.63, 3.8) is 0 Å². The smallest absolute Gasteiger partial charge is 0.153 e. The number of nitrogens with two attached hydrogens (primary N) is 1. The maximum atomic E-state index is 6.20. The van der Waals surface area contributed by atoms with Crippen molar-refractivity contribution >= 4 is 28.9 Å². The van der Waals surface area contributed by atoms with Crippen LogP contribution in [-0.4, -0.2) is 14.8 Å². The van der Waals surface area contributed by atoms with Crippen molar-refractivity contribution in [2.24, 2.45) is 0 Å². The summed E-state index contributed by atoms with van der Waals surface area (Å²) in [6, 6.07) is 10.9. The summed E-state index contributed by atoms with van der Waals surface area (Å²) in [6.07, 6.45) is 3.40. The van der Waals surface area contributed by atoms with E-state index in [-0.39, 0.29) is 0 Å². The Morgan fingerprint density at radius 3 is 2.65 bits per heavy atom. The third kappa shape index (κ3) is 2.24. The highest BCUT2D eigenvalue weighted by Gasteiger charge is 2.14. The Morgan fingerprint density at radius 1 is 1.05 bits per heavy atom. The molecular formula is C14H10Cl2N4. The molecule has 6 heteroatoms. The fourth-order valence-corrected chi connectivity index (χ4v) is 2.28. The fourth-order valence-electron chi connectivity index (χ4n) is 1.89. The van der Waals surface area contributed by atoms with E-state index in [0.29, 0.717) is 32.8 Å². The van der Waals surface area contributed by atoms with E-state index in [0.717, 1.165) is 0 Å². The van der Waals surface area contributed by atoms with Crippen molar-refractivity contribution in [1.82, 2.24) is 14.8 Å². The summed E-state index contributed by atoms with van der Waals surface area (Å²) in [5.74, 6) is 0.684. The number of pyridine rings is 1. The molecule has 100 valence electrons. The molecule has 0 radical (unpaired) electrons. The number of hydrogen-bond acceptors (Lipinski definition) is 3. The lowest BCUT2D eigenvalue weighted by atomic mass is 10.1. The summed E-state index contributed by atoms with van der Waals surface area (Å²) in [5.41, 5.74) is 7.82. The highest BCUT2D eigenvalue weighted by atomic mass is 35.5. The van der Waals surface area contributed by atoms with Gasteiger partial charge in [0.05, 0.1) is 21.9 Å². The van der Waals surface area contributed by atoms with Gasteiger partial charge in [0.25, 0.3) is 0 Å². The molecule has 20 heavy (non-hydrogen) atoms. The number of benzene rings is 1. The highest BCUT2D eigenvalue weighted by molar-refractivity contribution is 6.43. The Labute approximate surface area is 125 Å². The molecule has 0 spiro atoms. The van der Waals surface area contributed by atoms with Gasteiger partial charge in [0.15, 0.2) is 5.82 Å². The van der Waals surface area contributed by atoms with Crippen molar-refractivity contribution in [1.29, 1.82) is 0 Å². The molecule has 0 amide bonds. The second-order valence-corrected chi connectivity index (χ2v) is 4.95. The first-order valence-corrected chi connectivity index (χ1v) is 6.63. The van der Waals surface area contributed by atoms with Crippen molar-refractivity contribution in [2.45, 2.75) is 0 Å².